The first kappa shape index (κ1) is 15.2. The highest BCUT2D eigenvalue weighted by molar-refractivity contribution is 5.56. The Labute approximate surface area is 136 Å². The van der Waals surface area contributed by atoms with Gasteiger partial charge < -0.3 is 15.0 Å². The molecule has 1 aliphatic rings. The number of hydrogen-bond donors (Lipinski definition) is 1. The van der Waals surface area contributed by atoms with Crippen LogP contribution in [0.3, 0.4) is 0 Å². The third kappa shape index (κ3) is 3.54. The summed E-state index contributed by atoms with van der Waals surface area (Å²) < 4.78 is 5.30. The molecule has 118 valence electrons. The maximum Gasteiger partial charge on any atom is 0.120 e. The van der Waals surface area contributed by atoms with Crippen molar-refractivity contribution < 1.29 is 4.74 Å². The summed E-state index contributed by atoms with van der Waals surface area (Å²) in [4.78, 5) is 6.36. The molecule has 1 fully saturated rings. The number of rotatable bonds is 5. The van der Waals surface area contributed by atoms with Crippen molar-refractivity contribution in [2.75, 3.05) is 37.0 Å². The maximum absolute atomic E-state index is 9.10. The molecule has 1 N–H and O–H groups in total. The van der Waals surface area contributed by atoms with Gasteiger partial charge in [-0.1, -0.05) is 6.07 Å². The molecule has 5 heteroatoms. The Morgan fingerprint density at radius 3 is 3.17 bits per heavy atom. The number of ether oxygens (including phenoxy) is 1. The molecular formula is C18H20N4O. The smallest absolute Gasteiger partial charge is 0.120 e. The van der Waals surface area contributed by atoms with E-state index in [1.807, 2.05) is 18.2 Å². The van der Waals surface area contributed by atoms with E-state index in [-0.39, 0.29) is 0 Å². The lowest BCUT2D eigenvalue weighted by Crippen LogP contribution is -2.22. The minimum Gasteiger partial charge on any atom is -0.497 e. The highest BCUT2D eigenvalue weighted by atomic mass is 16.5. The zero-order valence-electron chi connectivity index (χ0n) is 13.2. The Morgan fingerprint density at radius 2 is 2.35 bits per heavy atom. The number of benzene rings is 1. The van der Waals surface area contributed by atoms with E-state index >= 15 is 0 Å². The van der Waals surface area contributed by atoms with Gasteiger partial charge >= 0.3 is 0 Å². The van der Waals surface area contributed by atoms with Crippen molar-refractivity contribution in [3.05, 3.63) is 48.3 Å². The molecule has 0 aliphatic carbocycles. The number of nitrogens with one attached hydrogen (secondary N) is 1. The van der Waals surface area contributed by atoms with Crippen LogP contribution in [-0.4, -0.2) is 31.7 Å². The second-order valence-electron chi connectivity index (χ2n) is 5.72. The molecule has 1 atom stereocenters. The van der Waals surface area contributed by atoms with E-state index in [1.54, 1.807) is 19.5 Å². The summed E-state index contributed by atoms with van der Waals surface area (Å²) in [7, 11) is 1.69. The number of hydrogen-bond acceptors (Lipinski definition) is 5. The first-order chi connectivity index (χ1) is 11.3. The third-order valence-corrected chi connectivity index (χ3v) is 4.23. The van der Waals surface area contributed by atoms with Gasteiger partial charge in [-0.3, -0.25) is 4.98 Å². The fraction of sp³-hybridized carbons (Fsp3) is 0.333. The first-order valence-electron chi connectivity index (χ1n) is 7.77. The SMILES string of the molecule is COc1cccc(N2CCC(CNc3ccncc3C#N)C2)c1. The molecule has 5 nitrogen and oxygen atoms in total. The summed E-state index contributed by atoms with van der Waals surface area (Å²) in [5, 5.41) is 12.5. The van der Waals surface area contributed by atoms with Crippen LogP contribution in [0.5, 0.6) is 5.75 Å². The van der Waals surface area contributed by atoms with Crippen molar-refractivity contribution in [3.63, 3.8) is 0 Å². The lowest BCUT2D eigenvalue weighted by molar-refractivity contribution is 0.415. The second kappa shape index (κ2) is 7.01. The molecule has 0 spiro atoms. The molecule has 0 radical (unpaired) electrons. The Hall–Kier alpha value is -2.74. The van der Waals surface area contributed by atoms with Gasteiger partial charge in [0.2, 0.25) is 0 Å². The third-order valence-electron chi connectivity index (χ3n) is 4.23. The molecule has 1 unspecified atom stereocenters. The molecule has 23 heavy (non-hydrogen) atoms. The molecule has 1 aliphatic heterocycles. The van der Waals surface area contributed by atoms with Gasteiger partial charge in [-0.15, -0.1) is 0 Å². The van der Waals surface area contributed by atoms with E-state index < -0.39 is 0 Å². The first-order valence-corrected chi connectivity index (χ1v) is 7.77. The quantitative estimate of drug-likeness (QED) is 0.920. The maximum atomic E-state index is 9.10. The molecule has 1 saturated heterocycles. The van der Waals surface area contributed by atoms with Crippen LogP contribution in [0, 0.1) is 17.2 Å². The number of anilines is 2. The standard InChI is InChI=1S/C18H20N4O/c1-23-17-4-2-3-16(9-17)22-8-6-14(13-22)11-21-18-5-7-20-12-15(18)10-19/h2-5,7,9,12,14H,6,8,11,13H2,1H3,(H,20,21). The number of nitriles is 1. The molecule has 1 aromatic heterocycles. The lowest BCUT2D eigenvalue weighted by atomic mass is 10.1. The van der Waals surface area contributed by atoms with Gasteiger partial charge in [0.25, 0.3) is 0 Å². The average Bonchev–Trinajstić information content (AvgIpc) is 3.09. The van der Waals surface area contributed by atoms with Crippen molar-refractivity contribution in [1.82, 2.24) is 4.98 Å². The summed E-state index contributed by atoms with van der Waals surface area (Å²) in [5.74, 6) is 1.44. The highest BCUT2D eigenvalue weighted by Crippen LogP contribution is 2.27. The van der Waals surface area contributed by atoms with Gasteiger partial charge in [0.15, 0.2) is 0 Å². The van der Waals surface area contributed by atoms with Crippen LogP contribution >= 0.6 is 0 Å². The van der Waals surface area contributed by atoms with Crippen molar-refractivity contribution in [2.24, 2.45) is 5.92 Å². The van der Waals surface area contributed by atoms with Crippen molar-refractivity contribution in [2.45, 2.75) is 6.42 Å². The van der Waals surface area contributed by atoms with Gasteiger partial charge in [0.1, 0.15) is 11.8 Å². The van der Waals surface area contributed by atoms with Crippen LogP contribution in [0.1, 0.15) is 12.0 Å². The van der Waals surface area contributed by atoms with Crippen LogP contribution in [0.4, 0.5) is 11.4 Å². The minimum absolute atomic E-state index is 0.556. The molecule has 0 saturated carbocycles. The summed E-state index contributed by atoms with van der Waals surface area (Å²) in [6, 6.07) is 12.2. The van der Waals surface area contributed by atoms with Crippen LogP contribution in [0.15, 0.2) is 42.7 Å². The summed E-state index contributed by atoms with van der Waals surface area (Å²) in [6.07, 6.45) is 4.44. The molecule has 0 bridgehead atoms. The zero-order valence-corrected chi connectivity index (χ0v) is 13.2. The monoisotopic (exact) mass is 308 g/mol. The Bertz CT molecular complexity index is 710. The van der Waals surface area contributed by atoms with Crippen LogP contribution in [0.25, 0.3) is 0 Å². The predicted molar refractivity (Wildman–Crippen MR) is 90.8 cm³/mol. The van der Waals surface area contributed by atoms with E-state index in [0.29, 0.717) is 11.5 Å². The predicted octanol–water partition coefficient (Wildman–Crippen LogP) is 2.90. The lowest BCUT2D eigenvalue weighted by Gasteiger charge is -2.19. The fourth-order valence-electron chi connectivity index (χ4n) is 2.93. The molecule has 3 rings (SSSR count). The van der Waals surface area contributed by atoms with Gasteiger partial charge in [-0.2, -0.15) is 5.26 Å². The molecule has 1 aromatic carbocycles. The van der Waals surface area contributed by atoms with Crippen molar-refractivity contribution >= 4 is 11.4 Å². The second-order valence-corrected chi connectivity index (χ2v) is 5.72. The van der Waals surface area contributed by atoms with E-state index in [2.05, 4.69) is 33.4 Å². The molecule has 2 heterocycles. The van der Waals surface area contributed by atoms with E-state index in [1.165, 1.54) is 5.69 Å². The number of aromatic nitrogens is 1. The van der Waals surface area contributed by atoms with Gasteiger partial charge in [0, 0.05) is 43.8 Å². The van der Waals surface area contributed by atoms with Crippen molar-refractivity contribution in [3.8, 4) is 11.8 Å². The van der Waals surface area contributed by atoms with Gasteiger partial charge in [-0.25, -0.2) is 0 Å². The van der Waals surface area contributed by atoms with Gasteiger partial charge in [-0.05, 0) is 30.5 Å². The largest absolute Gasteiger partial charge is 0.497 e. The fourth-order valence-corrected chi connectivity index (χ4v) is 2.93. The summed E-state index contributed by atoms with van der Waals surface area (Å²) in [6.45, 7) is 2.91. The van der Waals surface area contributed by atoms with Crippen LogP contribution in [-0.2, 0) is 0 Å². The van der Waals surface area contributed by atoms with E-state index in [4.69, 9.17) is 10.00 Å². The Morgan fingerprint density at radius 1 is 1.43 bits per heavy atom. The van der Waals surface area contributed by atoms with E-state index in [9.17, 15) is 0 Å². The number of nitrogens with zero attached hydrogens (tertiary/aromatic N) is 3. The highest BCUT2D eigenvalue weighted by Gasteiger charge is 2.23. The van der Waals surface area contributed by atoms with Crippen molar-refractivity contribution in [1.29, 1.82) is 5.26 Å². The zero-order chi connectivity index (χ0) is 16.1. The number of pyridine rings is 1. The molecule has 0 amide bonds. The van der Waals surface area contributed by atoms with Crippen LogP contribution < -0.4 is 15.0 Å². The topological polar surface area (TPSA) is 61.2 Å². The Balaban J connectivity index is 1.59. The number of methoxy groups -OCH3 is 1. The Kier molecular flexibility index (Phi) is 4.62. The molecule has 2 aromatic rings. The van der Waals surface area contributed by atoms with Gasteiger partial charge in [0.05, 0.1) is 18.4 Å². The van der Waals surface area contributed by atoms with Crippen LogP contribution in [0.2, 0.25) is 0 Å². The minimum atomic E-state index is 0.556. The van der Waals surface area contributed by atoms with E-state index in [0.717, 1.165) is 37.5 Å². The molecular weight excluding hydrogens is 288 g/mol. The summed E-state index contributed by atoms with van der Waals surface area (Å²) in [5.41, 5.74) is 2.66. The average molecular weight is 308 g/mol. The normalized spacial score (nSPS) is 16.9. The summed E-state index contributed by atoms with van der Waals surface area (Å²) >= 11 is 0.